The van der Waals surface area contributed by atoms with Gasteiger partial charge in [0.1, 0.15) is 11.5 Å². The normalized spacial score (nSPS) is 18.7. The van der Waals surface area contributed by atoms with Crippen LogP contribution in [0.4, 0.5) is 0 Å². The third-order valence-corrected chi connectivity index (χ3v) is 5.37. The molecule has 5 rings (SSSR count). The Bertz CT molecular complexity index is 820. The van der Waals surface area contributed by atoms with Gasteiger partial charge in [-0.1, -0.05) is 17.7 Å². The lowest BCUT2D eigenvalue weighted by molar-refractivity contribution is -0.0164. The molecule has 2 aromatic rings. The molecule has 27 heavy (non-hydrogen) atoms. The molecule has 0 atom stereocenters. The highest BCUT2D eigenvalue weighted by atomic mass is 16.7. The van der Waals surface area contributed by atoms with Crippen LogP contribution >= 0.6 is 0 Å². The van der Waals surface area contributed by atoms with Crippen molar-refractivity contribution >= 4 is 5.57 Å². The summed E-state index contributed by atoms with van der Waals surface area (Å²) in [4.78, 5) is 0. The van der Waals surface area contributed by atoms with E-state index in [1.807, 2.05) is 0 Å². The fraction of sp³-hybridized carbons (Fsp3) is 0.364. The van der Waals surface area contributed by atoms with Gasteiger partial charge in [-0.2, -0.15) is 0 Å². The minimum atomic E-state index is 0.330. The van der Waals surface area contributed by atoms with Crippen LogP contribution in [0.5, 0.6) is 11.5 Å². The van der Waals surface area contributed by atoms with E-state index in [2.05, 4.69) is 41.7 Å². The van der Waals surface area contributed by atoms with Gasteiger partial charge in [0.15, 0.2) is 13.6 Å². The van der Waals surface area contributed by atoms with E-state index >= 15 is 0 Å². The zero-order valence-electron chi connectivity index (χ0n) is 15.3. The van der Waals surface area contributed by atoms with Gasteiger partial charge in [0, 0.05) is 11.1 Å². The second kappa shape index (κ2) is 7.35. The maximum absolute atomic E-state index is 5.60. The lowest BCUT2D eigenvalue weighted by Gasteiger charge is -2.24. The fourth-order valence-corrected chi connectivity index (χ4v) is 4.04. The van der Waals surface area contributed by atoms with Gasteiger partial charge in [-0.25, -0.2) is 0 Å². The van der Waals surface area contributed by atoms with Crippen LogP contribution in [0.1, 0.15) is 35.1 Å². The number of hydrogen-bond acceptors (Lipinski definition) is 5. The molecule has 0 aliphatic carbocycles. The smallest absolute Gasteiger partial charge is 0.189 e. The highest BCUT2D eigenvalue weighted by Gasteiger charge is 2.20. The zero-order valence-corrected chi connectivity index (χ0v) is 15.3. The molecule has 0 amide bonds. The number of fused-ring (bicyclic) bond motifs is 2. The van der Waals surface area contributed by atoms with Gasteiger partial charge in [0.25, 0.3) is 0 Å². The number of hydrogen-bond donors (Lipinski definition) is 1. The molecule has 2 aromatic carbocycles. The van der Waals surface area contributed by atoms with Gasteiger partial charge in [-0.15, -0.1) is 0 Å². The quantitative estimate of drug-likeness (QED) is 0.881. The minimum absolute atomic E-state index is 0.330. The summed E-state index contributed by atoms with van der Waals surface area (Å²) >= 11 is 0. The Labute approximate surface area is 158 Å². The molecule has 0 spiro atoms. The van der Waals surface area contributed by atoms with E-state index in [1.54, 1.807) is 0 Å². The van der Waals surface area contributed by atoms with Gasteiger partial charge in [-0.05, 0) is 66.9 Å². The Morgan fingerprint density at radius 3 is 1.85 bits per heavy atom. The first kappa shape index (κ1) is 16.8. The third-order valence-electron chi connectivity index (χ3n) is 5.37. The fourth-order valence-electron chi connectivity index (χ4n) is 4.04. The van der Waals surface area contributed by atoms with Gasteiger partial charge >= 0.3 is 0 Å². The topological polar surface area (TPSA) is 49.0 Å². The van der Waals surface area contributed by atoms with Crippen molar-refractivity contribution in [1.29, 1.82) is 0 Å². The van der Waals surface area contributed by atoms with E-state index in [4.69, 9.17) is 18.9 Å². The molecule has 0 unspecified atom stereocenters. The van der Waals surface area contributed by atoms with Crippen LogP contribution in [-0.2, 0) is 22.7 Å². The first-order chi connectivity index (χ1) is 13.4. The van der Waals surface area contributed by atoms with E-state index < -0.39 is 0 Å². The van der Waals surface area contributed by atoms with E-state index in [9.17, 15) is 0 Å². The molecule has 5 nitrogen and oxygen atoms in total. The molecule has 0 aromatic heterocycles. The van der Waals surface area contributed by atoms with E-state index in [-0.39, 0.29) is 0 Å². The zero-order chi connectivity index (χ0) is 18.1. The van der Waals surface area contributed by atoms with Crippen LogP contribution in [0.15, 0.2) is 42.0 Å². The Balaban J connectivity index is 1.62. The molecule has 5 heteroatoms. The summed E-state index contributed by atoms with van der Waals surface area (Å²) in [6.45, 7) is 3.90. The number of nitrogens with one attached hydrogen (secondary N) is 1. The minimum Gasteiger partial charge on any atom is -0.467 e. The summed E-state index contributed by atoms with van der Waals surface area (Å²) in [7, 11) is 0. The maximum Gasteiger partial charge on any atom is 0.189 e. The first-order valence-corrected chi connectivity index (χ1v) is 9.49. The van der Waals surface area contributed by atoms with E-state index in [0.717, 1.165) is 48.6 Å². The second-order valence-corrected chi connectivity index (χ2v) is 7.09. The maximum atomic E-state index is 5.60. The summed E-state index contributed by atoms with van der Waals surface area (Å²) in [5.74, 6) is 1.85. The first-order valence-electron chi connectivity index (χ1n) is 9.49. The van der Waals surface area contributed by atoms with Crippen LogP contribution in [0, 0.1) is 0 Å². The molecule has 3 heterocycles. The van der Waals surface area contributed by atoms with Crippen LogP contribution in [0.25, 0.3) is 5.57 Å². The Morgan fingerprint density at radius 2 is 1.30 bits per heavy atom. The van der Waals surface area contributed by atoms with Crippen molar-refractivity contribution in [2.75, 3.05) is 26.7 Å². The summed E-state index contributed by atoms with van der Waals surface area (Å²) in [6.07, 6.45) is 2.12. The number of benzene rings is 2. The predicted molar refractivity (Wildman–Crippen MR) is 102 cm³/mol. The Morgan fingerprint density at radius 1 is 0.741 bits per heavy atom. The SMILES string of the molecule is c1cc2c(cc1C(=C1CCNCC1)c1ccc3c(c1)COCO3)COCO2. The molecule has 1 N–H and O–H groups in total. The molecule has 0 radical (unpaired) electrons. The summed E-state index contributed by atoms with van der Waals surface area (Å²) in [5.41, 5.74) is 7.46. The molecular weight excluding hydrogens is 342 g/mol. The van der Waals surface area contributed by atoms with E-state index in [0.29, 0.717) is 26.8 Å². The van der Waals surface area contributed by atoms with Crippen molar-refractivity contribution in [3.8, 4) is 11.5 Å². The summed E-state index contributed by atoms with van der Waals surface area (Å²) < 4.78 is 22.2. The molecule has 3 aliphatic rings. The standard InChI is InChI=1S/C22H23NO4/c1-3-20-18(11-24-13-26-20)9-16(1)22(15-5-7-23-8-6-15)17-2-4-21-19(10-17)12-25-14-27-21/h1-4,9-10,23H,5-8,11-14H2. The Hall–Kier alpha value is -2.34. The van der Waals surface area contributed by atoms with E-state index in [1.165, 1.54) is 22.3 Å². The third kappa shape index (κ3) is 3.34. The number of rotatable bonds is 2. The van der Waals surface area contributed by atoms with Crippen molar-refractivity contribution in [1.82, 2.24) is 5.32 Å². The van der Waals surface area contributed by atoms with Crippen LogP contribution in [0.3, 0.4) is 0 Å². The second-order valence-electron chi connectivity index (χ2n) is 7.09. The molecule has 3 aliphatic heterocycles. The number of piperidine rings is 1. The van der Waals surface area contributed by atoms with Crippen molar-refractivity contribution < 1.29 is 18.9 Å². The molecule has 0 bridgehead atoms. The van der Waals surface area contributed by atoms with Crippen LogP contribution in [-0.4, -0.2) is 26.7 Å². The Kier molecular flexibility index (Phi) is 4.57. The summed E-state index contributed by atoms with van der Waals surface area (Å²) in [6, 6.07) is 12.9. The average molecular weight is 365 g/mol. The predicted octanol–water partition coefficient (Wildman–Crippen LogP) is 3.60. The largest absolute Gasteiger partial charge is 0.467 e. The average Bonchev–Trinajstić information content (AvgIpc) is 2.74. The van der Waals surface area contributed by atoms with Crippen molar-refractivity contribution in [3.05, 3.63) is 64.2 Å². The highest BCUT2D eigenvalue weighted by Crippen LogP contribution is 2.37. The molecule has 1 fully saturated rings. The van der Waals surface area contributed by atoms with Gasteiger partial charge in [-0.3, -0.25) is 0 Å². The van der Waals surface area contributed by atoms with Gasteiger partial charge < -0.3 is 24.3 Å². The van der Waals surface area contributed by atoms with Crippen molar-refractivity contribution in [2.24, 2.45) is 0 Å². The van der Waals surface area contributed by atoms with Gasteiger partial charge in [0.2, 0.25) is 0 Å². The highest BCUT2D eigenvalue weighted by molar-refractivity contribution is 5.83. The molecule has 140 valence electrons. The lowest BCUT2D eigenvalue weighted by atomic mass is 9.87. The monoisotopic (exact) mass is 365 g/mol. The molecule has 0 saturated carbocycles. The van der Waals surface area contributed by atoms with Crippen LogP contribution in [0.2, 0.25) is 0 Å². The summed E-state index contributed by atoms with van der Waals surface area (Å²) in [5, 5.41) is 3.46. The van der Waals surface area contributed by atoms with Crippen LogP contribution < -0.4 is 14.8 Å². The molecule has 1 saturated heterocycles. The van der Waals surface area contributed by atoms with Gasteiger partial charge in [0.05, 0.1) is 13.2 Å². The van der Waals surface area contributed by atoms with Crippen molar-refractivity contribution in [2.45, 2.75) is 26.1 Å². The van der Waals surface area contributed by atoms with Crippen molar-refractivity contribution in [3.63, 3.8) is 0 Å². The lowest BCUT2D eigenvalue weighted by Crippen LogP contribution is -2.24. The molecular formula is C22H23NO4. The number of ether oxygens (including phenoxy) is 4.